The van der Waals surface area contributed by atoms with E-state index in [1.807, 2.05) is 12.1 Å². The molecule has 0 fully saturated rings. The number of hydrogen-bond donors (Lipinski definition) is 2. The van der Waals surface area contributed by atoms with Crippen LogP contribution in [-0.2, 0) is 0 Å². The van der Waals surface area contributed by atoms with Crippen molar-refractivity contribution in [2.45, 2.75) is 0 Å². The molecular weight excluding hydrogens is 262 g/mol. The lowest BCUT2D eigenvalue weighted by Gasteiger charge is -2.12. The highest BCUT2D eigenvalue weighted by molar-refractivity contribution is 6.39. The Kier molecular flexibility index (Phi) is 3.41. The predicted octanol–water partition coefficient (Wildman–Crippen LogP) is 4.46. The molecule has 0 aliphatic rings. The molecule has 17 heavy (non-hydrogen) atoms. The zero-order valence-corrected chi connectivity index (χ0v) is 10.2. The Hall–Kier alpha value is -1.45. The van der Waals surface area contributed by atoms with Crippen LogP contribution in [0, 0.1) is 5.82 Å². The fourth-order valence-corrected chi connectivity index (χ4v) is 1.96. The van der Waals surface area contributed by atoms with Crippen LogP contribution in [0.3, 0.4) is 0 Å². The molecule has 0 atom stereocenters. The van der Waals surface area contributed by atoms with Crippen molar-refractivity contribution < 1.29 is 4.39 Å². The lowest BCUT2D eigenvalue weighted by Crippen LogP contribution is -1.97. The quantitative estimate of drug-likeness (QED) is 0.791. The van der Waals surface area contributed by atoms with Gasteiger partial charge in [-0.2, -0.15) is 0 Å². The van der Waals surface area contributed by atoms with Gasteiger partial charge in [-0.25, -0.2) is 4.39 Å². The number of nitrogens with one attached hydrogen (secondary N) is 1. The zero-order valence-electron chi connectivity index (χ0n) is 8.68. The van der Waals surface area contributed by atoms with Crippen LogP contribution in [0.1, 0.15) is 0 Å². The van der Waals surface area contributed by atoms with Gasteiger partial charge in [-0.15, -0.1) is 0 Å². The van der Waals surface area contributed by atoms with Gasteiger partial charge >= 0.3 is 0 Å². The second-order valence-electron chi connectivity index (χ2n) is 3.46. The van der Waals surface area contributed by atoms with Gasteiger partial charge in [0.25, 0.3) is 0 Å². The topological polar surface area (TPSA) is 38.0 Å². The Morgan fingerprint density at radius 1 is 1.06 bits per heavy atom. The van der Waals surface area contributed by atoms with Gasteiger partial charge in [0.15, 0.2) is 0 Å². The molecule has 2 nitrogen and oxygen atoms in total. The maximum atomic E-state index is 13.0. The van der Waals surface area contributed by atoms with E-state index in [1.54, 1.807) is 12.1 Å². The van der Waals surface area contributed by atoms with E-state index in [-0.39, 0.29) is 10.0 Å². The first-order valence-electron chi connectivity index (χ1n) is 4.84. The minimum atomic E-state index is -0.480. The normalized spacial score (nSPS) is 10.3. The molecule has 5 heteroatoms. The van der Waals surface area contributed by atoms with E-state index >= 15 is 0 Å². The maximum absolute atomic E-state index is 13.0. The number of anilines is 3. The Morgan fingerprint density at radius 3 is 2.24 bits per heavy atom. The third-order valence-corrected chi connectivity index (χ3v) is 2.82. The standard InChI is InChI=1S/C12H9Cl2FN2/c13-8-5-7(15)6-9(14)12(8)17-11-4-2-1-3-10(11)16/h1-6,17H,16H2. The van der Waals surface area contributed by atoms with Crippen molar-refractivity contribution in [3.8, 4) is 0 Å². The van der Waals surface area contributed by atoms with Crippen LogP contribution in [-0.4, -0.2) is 0 Å². The second kappa shape index (κ2) is 4.82. The van der Waals surface area contributed by atoms with Gasteiger partial charge in [0.1, 0.15) is 5.82 Å². The summed E-state index contributed by atoms with van der Waals surface area (Å²) in [5.41, 5.74) is 7.44. The fourth-order valence-electron chi connectivity index (χ4n) is 1.41. The first kappa shape index (κ1) is 12.0. The van der Waals surface area contributed by atoms with Gasteiger partial charge in [-0.3, -0.25) is 0 Å². The highest BCUT2D eigenvalue weighted by atomic mass is 35.5. The molecule has 0 radical (unpaired) electrons. The number of nitrogens with two attached hydrogens (primary N) is 1. The smallest absolute Gasteiger partial charge is 0.126 e. The molecule has 2 rings (SSSR count). The monoisotopic (exact) mass is 270 g/mol. The largest absolute Gasteiger partial charge is 0.397 e. The van der Waals surface area contributed by atoms with Crippen LogP contribution in [0.15, 0.2) is 36.4 Å². The summed E-state index contributed by atoms with van der Waals surface area (Å²) < 4.78 is 13.0. The van der Waals surface area contributed by atoms with Crippen molar-refractivity contribution in [2.75, 3.05) is 11.1 Å². The van der Waals surface area contributed by atoms with Crippen LogP contribution in [0.25, 0.3) is 0 Å². The van der Waals surface area contributed by atoms with Gasteiger partial charge in [0.05, 0.1) is 27.1 Å². The molecule has 0 saturated heterocycles. The summed E-state index contributed by atoms with van der Waals surface area (Å²) in [5.74, 6) is -0.480. The molecule has 0 amide bonds. The van der Waals surface area contributed by atoms with Crippen LogP contribution < -0.4 is 11.1 Å². The number of halogens is 3. The van der Waals surface area contributed by atoms with Crippen molar-refractivity contribution in [1.82, 2.24) is 0 Å². The first-order chi connectivity index (χ1) is 8.08. The summed E-state index contributed by atoms with van der Waals surface area (Å²) >= 11 is 11.8. The molecule has 0 spiro atoms. The molecule has 2 aromatic carbocycles. The number of para-hydroxylation sites is 2. The molecule has 88 valence electrons. The first-order valence-corrected chi connectivity index (χ1v) is 5.59. The molecule has 0 bridgehead atoms. The molecule has 2 aromatic rings. The minimum Gasteiger partial charge on any atom is -0.397 e. The van der Waals surface area contributed by atoms with E-state index in [0.717, 1.165) is 0 Å². The lowest BCUT2D eigenvalue weighted by molar-refractivity contribution is 0.628. The zero-order chi connectivity index (χ0) is 12.4. The summed E-state index contributed by atoms with van der Waals surface area (Å²) in [4.78, 5) is 0. The lowest BCUT2D eigenvalue weighted by atomic mass is 10.2. The Labute approximate surface area is 108 Å². The van der Waals surface area contributed by atoms with E-state index in [1.165, 1.54) is 12.1 Å². The highest BCUT2D eigenvalue weighted by Gasteiger charge is 2.09. The molecule has 0 unspecified atom stereocenters. The maximum Gasteiger partial charge on any atom is 0.126 e. The van der Waals surface area contributed by atoms with Gasteiger partial charge in [0, 0.05) is 0 Å². The van der Waals surface area contributed by atoms with Crippen LogP contribution in [0.2, 0.25) is 10.0 Å². The summed E-state index contributed by atoms with van der Waals surface area (Å²) in [6.45, 7) is 0. The summed E-state index contributed by atoms with van der Waals surface area (Å²) in [6.07, 6.45) is 0. The highest BCUT2D eigenvalue weighted by Crippen LogP contribution is 2.35. The van der Waals surface area contributed by atoms with Crippen molar-refractivity contribution in [2.24, 2.45) is 0 Å². The average molecular weight is 271 g/mol. The Morgan fingerprint density at radius 2 is 1.65 bits per heavy atom. The van der Waals surface area contributed by atoms with Crippen molar-refractivity contribution >= 4 is 40.3 Å². The summed E-state index contributed by atoms with van der Waals surface area (Å²) in [7, 11) is 0. The van der Waals surface area contributed by atoms with E-state index in [4.69, 9.17) is 28.9 Å². The van der Waals surface area contributed by atoms with Crippen LogP contribution in [0.5, 0.6) is 0 Å². The second-order valence-corrected chi connectivity index (χ2v) is 4.27. The molecule has 0 saturated carbocycles. The number of rotatable bonds is 2. The number of benzene rings is 2. The van der Waals surface area contributed by atoms with Gasteiger partial charge in [0.2, 0.25) is 0 Å². The van der Waals surface area contributed by atoms with Gasteiger partial charge < -0.3 is 11.1 Å². The van der Waals surface area contributed by atoms with Crippen molar-refractivity contribution in [3.63, 3.8) is 0 Å². The Bertz CT molecular complexity index is 535. The summed E-state index contributed by atoms with van der Waals surface area (Å²) in [5, 5.41) is 3.39. The number of hydrogen-bond acceptors (Lipinski definition) is 2. The molecule has 0 aromatic heterocycles. The fraction of sp³-hybridized carbons (Fsp3) is 0. The van der Waals surface area contributed by atoms with Crippen molar-refractivity contribution in [1.29, 1.82) is 0 Å². The van der Waals surface area contributed by atoms with Gasteiger partial charge in [-0.05, 0) is 24.3 Å². The van der Waals surface area contributed by atoms with E-state index in [0.29, 0.717) is 17.1 Å². The summed E-state index contributed by atoms with van der Waals surface area (Å²) in [6, 6.07) is 9.54. The molecule has 0 heterocycles. The van der Waals surface area contributed by atoms with E-state index in [9.17, 15) is 4.39 Å². The molecule has 0 aliphatic heterocycles. The number of nitrogen functional groups attached to an aromatic ring is 1. The molecule has 0 aliphatic carbocycles. The van der Waals surface area contributed by atoms with E-state index < -0.39 is 5.82 Å². The van der Waals surface area contributed by atoms with Crippen LogP contribution >= 0.6 is 23.2 Å². The average Bonchev–Trinajstić information content (AvgIpc) is 2.25. The van der Waals surface area contributed by atoms with E-state index in [2.05, 4.69) is 5.32 Å². The van der Waals surface area contributed by atoms with Crippen molar-refractivity contribution in [3.05, 3.63) is 52.3 Å². The third kappa shape index (κ3) is 2.62. The SMILES string of the molecule is Nc1ccccc1Nc1c(Cl)cc(F)cc1Cl. The molecular formula is C12H9Cl2FN2. The predicted molar refractivity (Wildman–Crippen MR) is 70.6 cm³/mol. The van der Waals surface area contributed by atoms with Crippen LogP contribution in [0.4, 0.5) is 21.5 Å². The molecule has 3 N–H and O–H groups in total. The minimum absolute atomic E-state index is 0.207. The van der Waals surface area contributed by atoms with Gasteiger partial charge in [-0.1, -0.05) is 35.3 Å². The third-order valence-electron chi connectivity index (χ3n) is 2.23. The Balaban J connectivity index is 2.40.